The van der Waals surface area contributed by atoms with E-state index in [1.165, 1.54) is 76.4 Å². The van der Waals surface area contributed by atoms with Crippen LogP contribution in [-0.2, 0) is 4.79 Å². The van der Waals surface area contributed by atoms with Gasteiger partial charge in [-0.2, -0.15) is 11.8 Å². The molecular weight excluding hydrogens is 316 g/mol. The van der Waals surface area contributed by atoms with Crippen molar-refractivity contribution in [3.8, 4) is 0 Å². The minimum Gasteiger partial charge on any atom is -0.481 e. The molecular formula is C21H36O2S. The van der Waals surface area contributed by atoms with Gasteiger partial charge in [-0.1, -0.05) is 38.5 Å². The van der Waals surface area contributed by atoms with Crippen LogP contribution in [0.5, 0.6) is 0 Å². The Labute approximate surface area is 152 Å². The van der Waals surface area contributed by atoms with Crippen LogP contribution in [0.3, 0.4) is 0 Å². The molecule has 24 heavy (non-hydrogen) atoms. The van der Waals surface area contributed by atoms with E-state index >= 15 is 0 Å². The van der Waals surface area contributed by atoms with Gasteiger partial charge in [-0.3, -0.25) is 4.79 Å². The molecule has 4 atom stereocenters. The number of carboxylic acids is 1. The third kappa shape index (κ3) is 5.16. The first-order valence-corrected chi connectivity index (χ1v) is 11.6. The van der Waals surface area contributed by atoms with Crippen molar-refractivity contribution in [2.75, 3.05) is 5.75 Å². The third-order valence-electron chi connectivity index (χ3n) is 7.03. The predicted molar refractivity (Wildman–Crippen MR) is 102 cm³/mol. The molecule has 0 aromatic carbocycles. The van der Waals surface area contributed by atoms with Crippen LogP contribution in [0.2, 0.25) is 0 Å². The van der Waals surface area contributed by atoms with Crippen molar-refractivity contribution in [3.63, 3.8) is 0 Å². The smallest absolute Gasteiger partial charge is 0.303 e. The second-order valence-electron chi connectivity index (χ2n) is 8.60. The SMILES string of the molecule is O=C(O)CCCCCC[C@H]1[C@H]2CC[C@H](C2)[C@H]1CSC1CCCCC1. The Bertz CT molecular complexity index is 391. The zero-order valence-corrected chi connectivity index (χ0v) is 16.1. The number of aliphatic carboxylic acids is 1. The molecule has 0 amide bonds. The Kier molecular flexibility index (Phi) is 7.36. The fraction of sp³-hybridized carbons (Fsp3) is 0.952. The number of rotatable bonds is 10. The largest absolute Gasteiger partial charge is 0.481 e. The number of hydrogen-bond donors (Lipinski definition) is 1. The molecule has 3 rings (SSSR count). The number of thioether (sulfide) groups is 1. The average Bonchev–Trinajstić information content (AvgIpc) is 3.18. The maximum atomic E-state index is 10.6. The lowest BCUT2D eigenvalue weighted by Gasteiger charge is -2.32. The zero-order valence-electron chi connectivity index (χ0n) is 15.3. The number of hydrogen-bond acceptors (Lipinski definition) is 2. The quantitative estimate of drug-likeness (QED) is 0.480. The third-order valence-corrected chi connectivity index (χ3v) is 8.55. The molecule has 0 radical (unpaired) electrons. The van der Waals surface area contributed by atoms with Crippen LogP contribution in [0.25, 0.3) is 0 Å². The van der Waals surface area contributed by atoms with E-state index in [0.29, 0.717) is 6.42 Å². The zero-order chi connectivity index (χ0) is 16.8. The van der Waals surface area contributed by atoms with Gasteiger partial charge in [-0.15, -0.1) is 0 Å². The van der Waals surface area contributed by atoms with Crippen LogP contribution >= 0.6 is 11.8 Å². The van der Waals surface area contributed by atoms with Gasteiger partial charge >= 0.3 is 5.97 Å². The summed E-state index contributed by atoms with van der Waals surface area (Å²) in [7, 11) is 0. The van der Waals surface area contributed by atoms with Gasteiger partial charge in [-0.05, 0) is 74.4 Å². The van der Waals surface area contributed by atoms with Crippen molar-refractivity contribution >= 4 is 17.7 Å². The monoisotopic (exact) mass is 352 g/mol. The number of carbonyl (C=O) groups is 1. The van der Waals surface area contributed by atoms with Crippen LogP contribution in [-0.4, -0.2) is 22.1 Å². The number of carboxylic acid groups (broad SMARTS) is 1. The first-order valence-electron chi connectivity index (χ1n) is 10.6. The summed E-state index contributed by atoms with van der Waals surface area (Å²) < 4.78 is 0. The Morgan fingerprint density at radius 1 is 0.875 bits per heavy atom. The predicted octanol–water partition coefficient (Wildman–Crippen LogP) is 6.14. The summed E-state index contributed by atoms with van der Waals surface area (Å²) in [4.78, 5) is 10.6. The maximum Gasteiger partial charge on any atom is 0.303 e. The van der Waals surface area contributed by atoms with E-state index < -0.39 is 5.97 Å². The fourth-order valence-electron chi connectivity index (χ4n) is 5.73. The topological polar surface area (TPSA) is 37.3 Å². The van der Waals surface area contributed by atoms with Crippen LogP contribution in [0.1, 0.15) is 89.9 Å². The highest BCUT2D eigenvalue weighted by Crippen LogP contribution is 2.55. The first-order chi connectivity index (χ1) is 11.7. The molecule has 3 aliphatic carbocycles. The molecule has 0 unspecified atom stereocenters. The van der Waals surface area contributed by atoms with Gasteiger partial charge < -0.3 is 5.11 Å². The van der Waals surface area contributed by atoms with Gasteiger partial charge in [0, 0.05) is 11.7 Å². The van der Waals surface area contributed by atoms with Crippen LogP contribution < -0.4 is 0 Å². The molecule has 3 fully saturated rings. The number of fused-ring (bicyclic) bond motifs is 2. The summed E-state index contributed by atoms with van der Waals surface area (Å²) in [5.74, 6) is 4.89. The molecule has 2 nitrogen and oxygen atoms in total. The van der Waals surface area contributed by atoms with Crippen LogP contribution in [0.15, 0.2) is 0 Å². The lowest BCUT2D eigenvalue weighted by atomic mass is 9.77. The minimum atomic E-state index is -0.636. The van der Waals surface area contributed by atoms with Crippen molar-refractivity contribution in [2.24, 2.45) is 23.7 Å². The second kappa shape index (κ2) is 9.50. The second-order valence-corrected chi connectivity index (χ2v) is 9.93. The summed E-state index contributed by atoms with van der Waals surface area (Å²) >= 11 is 2.32. The lowest BCUT2D eigenvalue weighted by molar-refractivity contribution is -0.137. The Morgan fingerprint density at radius 3 is 2.33 bits per heavy atom. The molecule has 0 heterocycles. The van der Waals surface area contributed by atoms with E-state index in [1.807, 2.05) is 0 Å². The van der Waals surface area contributed by atoms with Gasteiger partial charge in [0.2, 0.25) is 0 Å². The molecule has 138 valence electrons. The molecule has 3 saturated carbocycles. The summed E-state index contributed by atoms with van der Waals surface area (Å²) in [5.41, 5.74) is 0. The average molecular weight is 353 g/mol. The van der Waals surface area contributed by atoms with Crippen molar-refractivity contribution in [1.82, 2.24) is 0 Å². The van der Waals surface area contributed by atoms with Crippen molar-refractivity contribution in [2.45, 2.75) is 95.1 Å². The van der Waals surface area contributed by atoms with Gasteiger partial charge in [0.15, 0.2) is 0 Å². The van der Waals surface area contributed by atoms with Crippen LogP contribution in [0.4, 0.5) is 0 Å². The lowest BCUT2D eigenvalue weighted by Crippen LogP contribution is -2.25. The van der Waals surface area contributed by atoms with E-state index in [2.05, 4.69) is 11.8 Å². The molecule has 0 aromatic rings. The van der Waals surface area contributed by atoms with E-state index in [0.717, 1.165) is 41.8 Å². The summed E-state index contributed by atoms with van der Waals surface area (Å²) in [6.07, 6.45) is 18.2. The maximum absolute atomic E-state index is 10.6. The molecule has 0 aliphatic heterocycles. The number of unbranched alkanes of at least 4 members (excludes halogenated alkanes) is 3. The van der Waals surface area contributed by atoms with Gasteiger partial charge in [0.1, 0.15) is 0 Å². The normalized spacial score (nSPS) is 33.2. The van der Waals surface area contributed by atoms with E-state index in [9.17, 15) is 4.79 Å². The molecule has 0 aromatic heterocycles. The molecule has 3 aliphatic rings. The highest BCUT2D eigenvalue weighted by atomic mass is 32.2. The molecule has 0 saturated heterocycles. The first kappa shape index (κ1) is 18.6. The highest BCUT2D eigenvalue weighted by molar-refractivity contribution is 7.99. The summed E-state index contributed by atoms with van der Waals surface area (Å²) in [6.45, 7) is 0. The molecule has 1 N–H and O–H groups in total. The van der Waals surface area contributed by atoms with E-state index in [4.69, 9.17) is 5.11 Å². The Hall–Kier alpha value is -0.180. The Morgan fingerprint density at radius 2 is 1.58 bits per heavy atom. The van der Waals surface area contributed by atoms with Gasteiger partial charge in [0.25, 0.3) is 0 Å². The molecule has 0 spiro atoms. The van der Waals surface area contributed by atoms with Gasteiger partial charge in [-0.25, -0.2) is 0 Å². The van der Waals surface area contributed by atoms with Crippen molar-refractivity contribution in [3.05, 3.63) is 0 Å². The minimum absolute atomic E-state index is 0.356. The summed E-state index contributed by atoms with van der Waals surface area (Å²) in [6, 6.07) is 0. The van der Waals surface area contributed by atoms with E-state index in [1.54, 1.807) is 0 Å². The highest BCUT2D eigenvalue weighted by Gasteiger charge is 2.46. The van der Waals surface area contributed by atoms with Crippen LogP contribution in [0, 0.1) is 23.7 Å². The fourth-order valence-corrected chi connectivity index (χ4v) is 7.41. The van der Waals surface area contributed by atoms with Gasteiger partial charge in [0.05, 0.1) is 0 Å². The van der Waals surface area contributed by atoms with Crippen molar-refractivity contribution in [1.29, 1.82) is 0 Å². The van der Waals surface area contributed by atoms with Crippen molar-refractivity contribution < 1.29 is 9.90 Å². The molecule has 3 heteroatoms. The summed E-state index contributed by atoms with van der Waals surface area (Å²) in [5, 5.41) is 9.68. The molecule has 2 bridgehead atoms. The Balaban J connectivity index is 1.37. The van der Waals surface area contributed by atoms with E-state index in [-0.39, 0.29) is 0 Å². The standard InChI is InChI=1S/C21H36O2S/c22-21(23)11-7-2-1-6-10-19-16-12-13-17(14-16)20(19)15-24-18-8-4-3-5-9-18/h16-20H,1-15H2,(H,22,23)/t16-,17+,19-,20+/m0/s1.